The molecule has 1 aliphatic heterocycles. The van der Waals surface area contributed by atoms with Crippen molar-refractivity contribution in [3.05, 3.63) is 47.0 Å². The number of anilines is 1. The summed E-state index contributed by atoms with van der Waals surface area (Å²) in [4.78, 5) is 19.6. The Kier molecular flexibility index (Phi) is 5.19. The SMILES string of the molecule is Nc1nc(C2(c3ccccc3)CCN(C(=O)[C@H]3CCC[C@H](O)C3)CC2)cs1. The van der Waals surface area contributed by atoms with E-state index in [0.29, 0.717) is 11.6 Å². The molecule has 1 aromatic heterocycles. The van der Waals surface area contributed by atoms with Gasteiger partial charge in [0.25, 0.3) is 0 Å². The number of carbonyl (C=O) groups excluding carboxylic acids is 1. The number of benzene rings is 1. The predicted molar refractivity (Wildman–Crippen MR) is 108 cm³/mol. The van der Waals surface area contributed by atoms with Crippen LogP contribution in [0.1, 0.15) is 49.8 Å². The molecular formula is C21H27N3O2S. The summed E-state index contributed by atoms with van der Waals surface area (Å²) >= 11 is 1.48. The molecular weight excluding hydrogens is 358 g/mol. The Morgan fingerprint density at radius 2 is 1.96 bits per heavy atom. The van der Waals surface area contributed by atoms with E-state index in [4.69, 9.17) is 5.73 Å². The summed E-state index contributed by atoms with van der Waals surface area (Å²) < 4.78 is 0. The van der Waals surface area contributed by atoms with Gasteiger partial charge in [-0.1, -0.05) is 36.8 Å². The summed E-state index contributed by atoms with van der Waals surface area (Å²) in [5, 5.41) is 12.6. The maximum atomic E-state index is 13.0. The molecule has 2 fully saturated rings. The molecule has 0 radical (unpaired) electrons. The van der Waals surface area contributed by atoms with Crippen LogP contribution in [0.2, 0.25) is 0 Å². The van der Waals surface area contributed by atoms with Gasteiger partial charge >= 0.3 is 0 Å². The molecule has 3 N–H and O–H groups in total. The van der Waals surface area contributed by atoms with Crippen LogP contribution in [0, 0.1) is 5.92 Å². The minimum absolute atomic E-state index is 0.0205. The van der Waals surface area contributed by atoms with Crippen molar-refractivity contribution < 1.29 is 9.90 Å². The summed E-state index contributed by atoms with van der Waals surface area (Å²) in [6.45, 7) is 1.44. The standard InChI is InChI=1S/C21H27N3O2S/c22-20-23-18(14-27-20)21(16-6-2-1-3-7-16)9-11-24(12-10-21)19(26)15-5-4-8-17(25)13-15/h1-3,6-7,14-15,17,25H,4-5,8-13H2,(H2,22,23)/t15-,17-/m0/s1. The van der Waals surface area contributed by atoms with Crippen LogP contribution in [-0.2, 0) is 10.2 Å². The minimum Gasteiger partial charge on any atom is -0.393 e. The van der Waals surface area contributed by atoms with Gasteiger partial charge in [-0.15, -0.1) is 11.3 Å². The van der Waals surface area contributed by atoms with Gasteiger partial charge in [-0.2, -0.15) is 0 Å². The van der Waals surface area contributed by atoms with E-state index in [9.17, 15) is 9.90 Å². The molecule has 27 heavy (non-hydrogen) atoms. The number of piperidine rings is 1. The van der Waals surface area contributed by atoms with Gasteiger partial charge in [0.1, 0.15) is 0 Å². The molecule has 1 saturated carbocycles. The Bertz CT molecular complexity index is 784. The molecule has 1 saturated heterocycles. The number of nitrogens with zero attached hydrogens (tertiary/aromatic N) is 2. The summed E-state index contributed by atoms with van der Waals surface area (Å²) in [5.41, 5.74) is 8.02. The molecule has 1 aliphatic carbocycles. The van der Waals surface area contributed by atoms with Gasteiger partial charge in [0.05, 0.1) is 11.8 Å². The number of nitrogens with two attached hydrogens (primary N) is 1. The number of hydrogen-bond acceptors (Lipinski definition) is 5. The van der Waals surface area contributed by atoms with E-state index in [2.05, 4.69) is 34.6 Å². The normalized spacial score (nSPS) is 25.3. The zero-order valence-corrected chi connectivity index (χ0v) is 16.3. The van der Waals surface area contributed by atoms with Crippen LogP contribution in [0.15, 0.2) is 35.7 Å². The van der Waals surface area contributed by atoms with Gasteiger partial charge < -0.3 is 15.7 Å². The average molecular weight is 386 g/mol. The molecule has 0 bridgehead atoms. The van der Waals surface area contributed by atoms with Gasteiger partial charge in [0, 0.05) is 29.8 Å². The lowest BCUT2D eigenvalue weighted by Crippen LogP contribution is -2.48. The maximum absolute atomic E-state index is 13.0. The summed E-state index contributed by atoms with van der Waals surface area (Å²) in [7, 11) is 0. The number of carbonyl (C=O) groups is 1. The van der Waals surface area contributed by atoms with Crippen molar-refractivity contribution in [3.8, 4) is 0 Å². The predicted octanol–water partition coefficient (Wildman–Crippen LogP) is 3.18. The van der Waals surface area contributed by atoms with E-state index < -0.39 is 0 Å². The van der Waals surface area contributed by atoms with Gasteiger partial charge in [-0.05, 0) is 37.7 Å². The molecule has 2 aliphatic rings. The largest absolute Gasteiger partial charge is 0.393 e. The number of nitrogen functional groups attached to an aromatic ring is 1. The number of rotatable bonds is 3. The van der Waals surface area contributed by atoms with Gasteiger partial charge in [-0.3, -0.25) is 4.79 Å². The molecule has 5 nitrogen and oxygen atoms in total. The Morgan fingerprint density at radius 1 is 1.22 bits per heavy atom. The molecule has 0 unspecified atom stereocenters. The highest BCUT2D eigenvalue weighted by atomic mass is 32.1. The van der Waals surface area contributed by atoms with Crippen LogP contribution < -0.4 is 5.73 Å². The zero-order valence-electron chi connectivity index (χ0n) is 15.5. The van der Waals surface area contributed by atoms with E-state index in [0.717, 1.165) is 50.9 Å². The zero-order chi connectivity index (χ0) is 18.9. The smallest absolute Gasteiger partial charge is 0.225 e. The van der Waals surface area contributed by atoms with Gasteiger partial charge in [0.2, 0.25) is 5.91 Å². The first-order valence-electron chi connectivity index (χ1n) is 9.82. The molecule has 6 heteroatoms. The lowest BCUT2D eigenvalue weighted by atomic mass is 9.70. The van der Waals surface area contributed by atoms with Crippen LogP contribution in [0.5, 0.6) is 0 Å². The van der Waals surface area contributed by atoms with E-state index >= 15 is 0 Å². The first-order chi connectivity index (χ1) is 13.1. The van der Waals surface area contributed by atoms with E-state index in [-0.39, 0.29) is 23.3 Å². The molecule has 1 amide bonds. The minimum atomic E-state index is -0.320. The summed E-state index contributed by atoms with van der Waals surface area (Å²) in [6, 6.07) is 10.5. The number of thiazole rings is 1. The molecule has 1 aromatic carbocycles. The third-order valence-electron chi connectivity index (χ3n) is 6.26. The molecule has 144 valence electrons. The second kappa shape index (κ2) is 7.60. The number of hydrogen-bond donors (Lipinski definition) is 2. The van der Waals surface area contributed by atoms with Crippen molar-refractivity contribution in [1.82, 2.24) is 9.88 Å². The number of likely N-dealkylation sites (tertiary alicyclic amines) is 1. The van der Waals surface area contributed by atoms with Crippen molar-refractivity contribution in [2.24, 2.45) is 5.92 Å². The number of amides is 1. The van der Waals surface area contributed by atoms with E-state index in [1.165, 1.54) is 16.9 Å². The van der Waals surface area contributed by atoms with Crippen LogP contribution in [0.4, 0.5) is 5.13 Å². The summed E-state index contributed by atoms with van der Waals surface area (Å²) in [5.74, 6) is 0.195. The van der Waals surface area contributed by atoms with E-state index in [1.807, 2.05) is 11.0 Å². The van der Waals surface area contributed by atoms with Crippen molar-refractivity contribution in [3.63, 3.8) is 0 Å². The van der Waals surface area contributed by atoms with Crippen LogP contribution in [0.3, 0.4) is 0 Å². The topological polar surface area (TPSA) is 79.5 Å². The van der Waals surface area contributed by atoms with Crippen LogP contribution in [0.25, 0.3) is 0 Å². The van der Waals surface area contributed by atoms with Crippen molar-refractivity contribution in [1.29, 1.82) is 0 Å². The van der Waals surface area contributed by atoms with Crippen molar-refractivity contribution in [2.75, 3.05) is 18.8 Å². The lowest BCUT2D eigenvalue weighted by Gasteiger charge is -2.42. The highest BCUT2D eigenvalue weighted by Crippen LogP contribution is 2.42. The Labute approximate surface area is 164 Å². The fourth-order valence-electron chi connectivity index (χ4n) is 4.71. The van der Waals surface area contributed by atoms with Crippen molar-refractivity contribution >= 4 is 22.4 Å². The second-order valence-electron chi connectivity index (χ2n) is 7.86. The first-order valence-corrected chi connectivity index (χ1v) is 10.7. The number of aliphatic hydroxyl groups is 1. The van der Waals surface area contributed by atoms with Gasteiger partial charge in [-0.25, -0.2) is 4.98 Å². The molecule has 4 rings (SSSR count). The average Bonchev–Trinajstić information content (AvgIpc) is 3.15. The monoisotopic (exact) mass is 385 g/mol. The third-order valence-corrected chi connectivity index (χ3v) is 6.94. The Hall–Kier alpha value is -1.92. The number of aliphatic hydroxyl groups excluding tert-OH is 1. The molecule has 0 spiro atoms. The molecule has 2 atom stereocenters. The fraction of sp³-hybridized carbons (Fsp3) is 0.524. The maximum Gasteiger partial charge on any atom is 0.225 e. The second-order valence-corrected chi connectivity index (χ2v) is 8.75. The Morgan fingerprint density at radius 3 is 2.59 bits per heavy atom. The van der Waals surface area contributed by atoms with E-state index in [1.54, 1.807) is 0 Å². The molecule has 2 aromatic rings. The highest BCUT2D eigenvalue weighted by Gasteiger charge is 2.42. The quantitative estimate of drug-likeness (QED) is 0.850. The highest BCUT2D eigenvalue weighted by molar-refractivity contribution is 7.13. The fourth-order valence-corrected chi connectivity index (χ4v) is 5.37. The number of aromatic nitrogens is 1. The van der Waals surface area contributed by atoms with Crippen LogP contribution >= 0.6 is 11.3 Å². The lowest BCUT2D eigenvalue weighted by molar-refractivity contribution is -0.139. The summed E-state index contributed by atoms with van der Waals surface area (Å²) in [6.07, 6.45) is 4.66. The van der Waals surface area contributed by atoms with Gasteiger partial charge in [0.15, 0.2) is 5.13 Å². The first kappa shape index (κ1) is 18.4. The molecule has 2 heterocycles. The van der Waals surface area contributed by atoms with Crippen molar-refractivity contribution in [2.45, 2.75) is 50.0 Å². The third kappa shape index (κ3) is 3.60. The Balaban J connectivity index is 1.54. The van der Waals surface area contributed by atoms with Crippen LogP contribution in [-0.4, -0.2) is 40.1 Å².